The van der Waals surface area contributed by atoms with Crippen LogP contribution in [0.3, 0.4) is 0 Å². The van der Waals surface area contributed by atoms with Gasteiger partial charge in [0.25, 0.3) is 0 Å². The Kier molecular flexibility index (Phi) is 9.81. The summed E-state index contributed by atoms with van der Waals surface area (Å²) in [5.74, 6) is -0.285. The van der Waals surface area contributed by atoms with Crippen molar-refractivity contribution in [3.05, 3.63) is 70.0 Å². The van der Waals surface area contributed by atoms with Gasteiger partial charge in [0.05, 0.1) is 17.2 Å². The van der Waals surface area contributed by atoms with Gasteiger partial charge in [-0.05, 0) is 66.8 Å². The van der Waals surface area contributed by atoms with Gasteiger partial charge in [-0.3, -0.25) is 0 Å². The van der Waals surface area contributed by atoms with Crippen molar-refractivity contribution in [3.8, 4) is 0 Å². The van der Waals surface area contributed by atoms with Crippen LogP contribution in [0.15, 0.2) is 36.4 Å². The van der Waals surface area contributed by atoms with Crippen molar-refractivity contribution in [3.63, 3.8) is 0 Å². The highest BCUT2D eigenvalue weighted by Gasteiger charge is 2.38. The Balaban J connectivity index is 1.87. The Bertz CT molecular complexity index is 1190. The van der Waals surface area contributed by atoms with E-state index in [1.165, 1.54) is 30.1 Å². The fourth-order valence-corrected chi connectivity index (χ4v) is 4.80. The number of benzene rings is 2. The molecule has 1 fully saturated rings. The van der Waals surface area contributed by atoms with E-state index in [0.717, 1.165) is 4.90 Å². The molecule has 1 heterocycles. The lowest BCUT2D eigenvalue weighted by Gasteiger charge is -2.42. The van der Waals surface area contributed by atoms with Gasteiger partial charge < -0.3 is 20.4 Å². The summed E-state index contributed by atoms with van der Waals surface area (Å²) in [7, 11) is 1.27. The van der Waals surface area contributed by atoms with Crippen LogP contribution in [0.2, 0.25) is 0 Å². The molecule has 40 heavy (non-hydrogen) atoms. The number of rotatable bonds is 6. The summed E-state index contributed by atoms with van der Waals surface area (Å²) in [6.07, 6.45) is -9.47. The zero-order valence-electron chi connectivity index (χ0n) is 21.6. The number of carbonyl (C=O) groups excluding carboxylic acids is 2. The maximum atomic E-state index is 13.8. The van der Waals surface area contributed by atoms with Crippen LogP contribution in [0, 0.1) is 12.7 Å². The van der Waals surface area contributed by atoms with Crippen molar-refractivity contribution in [1.82, 2.24) is 20.4 Å². The van der Waals surface area contributed by atoms with Crippen molar-refractivity contribution in [2.75, 3.05) is 26.0 Å². The monoisotopic (exact) mass is 596 g/mol. The van der Waals surface area contributed by atoms with Crippen LogP contribution >= 0.6 is 11.6 Å². The van der Waals surface area contributed by atoms with Crippen molar-refractivity contribution in [2.24, 2.45) is 0 Å². The number of carbonyl (C=O) groups is 2. The SMILES string of the molecule is Cc1cc(F)ccc1[C@H]1C[C@H](NC(=O)NCCCl)CCN1C(=O)N(C)Cc1cc(C(F)(F)F)cc(C(F)(F)F)c1. The number of urea groups is 2. The molecule has 1 aliphatic rings. The lowest BCUT2D eigenvalue weighted by molar-refractivity contribution is -0.143. The fraction of sp³-hybridized carbons (Fsp3) is 0.462. The number of likely N-dealkylation sites (tertiary alicyclic amines) is 1. The maximum Gasteiger partial charge on any atom is 0.416 e. The number of alkyl halides is 7. The van der Waals surface area contributed by atoms with Gasteiger partial charge in [0.15, 0.2) is 0 Å². The van der Waals surface area contributed by atoms with E-state index in [4.69, 9.17) is 11.6 Å². The third kappa shape index (κ3) is 7.92. The number of aryl methyl sites for hydroxylation is 1. The van der Waals surface area contributed by atoms with E-state index in [0.29, 0.717) is 29.7 Å². The van der Waals surface area contributed by atoms with Gasteiger partial charge in [-0.2, -0.15) is 26.3 Å². The van der Waals surface area contributed by atoms with Crippen LogP contribution in [-0.2, 0) is 18.9 Å². The van der Waals surface area contributed by atoms with Gasteiger partial charge in [0.2, 0.25) is 0 Å². The Hall–Kier alpha value is -3.22. The summed E-state index contributed by atoms with van der Waals surface area (Å²) in [5, 5.41) is 5.39. The van der Waals surface area contributed by atoms with Gasteiger partial charge in [0.1, 0.15) is 5.82 Å². The smallest absolute Gasteiger partial charge is 0.337 e. The molecule has 0 aromatic heterocycles. The van der Waals surface area contributed by atoms with E-state index in [1.54, 1.807) is 6.92 Å². The van der Waals surface area contributed by atoms with Crippen molar-refractivity contribution >= 4 is 23.7 Å². The van der Waals surface area contributed by atoms with Crippen molar-refractivity contribution in [1.29, 1.82) is 0 Å². The molecule has 0 saturated carbocycles. The molecular weight excluding hydrogens is 569 g/mol. The first-order chi connectivity index (χ1) is 18.6. The molecule has 0 aliphatic carbocycles. The Labute approximate surface area is 231 Å². The summed E-state index contributed by atoms with van der Waals surface area (Å²) in [5.41, 5.74) is -2.17. The highest BCUT2D eigenvalue weighted by atomic mass is 35.5. The highest BCUT2D eigenvalue weighted by Crippen LogP contribution is 2.37. The Morgan fingerprint density at radius 1 is 1.05 bits per heavy atom. The second-order valence-electron chi connectivity index (χ2n) is 9.57. The van der Waals surface area contributed by atoms with E-state index in [2.05, 4.69) is 10.6 Å². The highest BCUT2D eigenvalue weighted by molar-refractivity contribution is 6.18. The van der Waals surface area contributed by atoms with Crippen LogP contribution in [0.5, 0.6) is 0 Å². The minimum absolute atomic E-state index is 0.0275. The van der Waals surface area contributed by atoms with Crippen LogP contribution in [0.4, 0.5) is 40.3 Å². The zero-order valence-corrected chi connectivity index (χ0v) is 22.4. The number of nitrogens with zero attached hydrogens (tertiary/aromatic N) is 2. The van der Waals surface area contributed by atoms with E-state index in [1.807, 2.05) is 0 Å². The molecule has 6 nitrogen and oxygen atoms in total. The van der Waals surface area contributed by atoms with E-state index in [-0.39, 0.29) is 43.1 Å². The molecule has 0 unspecified atom stereocenters. The quantitative estimate of drug-likeness (QED) is 0.297. The topological polar surface area (TPSA) is 64.7 Å². The van der Waals surface area contributed by atoms with Crippen LogP contribution in [0.1, 0.15) is 46.7 Å². The van der Waals surface area contributed by atoms with Crippen molar-refractivity contribution in [2.45, 2.75) is 50.7 Å². The largest absolute Gasteiger partial charge is 0.416 e. The second-order valence-corrected chi connectivity index (χ2v) is 9.95. The summed E-state index contributed by atoms with van der Waals surface area (Å²) in [4.78, 5) is 28.1. The van der Waals surface area contributed by atoms with Crippen LogP contribution in [0.25, 0.3) is 0 Å². The first-order valence-electron chi connectivity index (χ1n) is 12.3. The Morgan fingerprint density at radius 3 is 2.23 bits per heavy atom. The summed E-state index contributed by atoms with van der Waals surface area (Å²) >= 11 is 5.59. The zero-order chi connectivity index (χ0) is 29.8. The lowest BCUT2D eigenvalue weighted by atomic mass is 9.89. The predicted molar refractivity (Wildman–Crippen MR) is 134 cm³/mol. The molecule has 2 N–H and O–H groups in total. The molecule has 4 amide bonds. The first kappa shape index (κ1) is 31.3. The fourth-order valence-electron chi connectivity index (χ4n) is 4.70. The van der Waals surface area contributed by atoms with Gasteiger partial charge in [-0.1, -0.05) is 6.07 Å². The van der Waals surface area contributed by atoms with E-state index >= 15 is 0 Å². The standard InChI is InChI=1S/C26H28ClF7N4O2/c1-15-9-19(28)3-4-21(15)22-13-20(36-23(39)35-7-6-27)5-8-38(22)24(40)37(2)14-16-10-17(25(29,30)31)12-18(11-16)26(32,33)34/h3-4,9-12,20,22H,5-8,13-14H2,1-2H3,(H2,35,36,39)/t20-,22-/m1/s1. The Morgan fingerprint density at radius 2 is 1.68 bits per heavy atom. The molecule has 2 aromatic carbocycles. The summed E-state index contributed by atoms with van der Waals surface area (Å²) in [6.45, 7) is 1.47. The number of piperidine rings is 1. The summed E-state index contributed by atoms with van der Waals surface area (Å²) < 4.78 is 93.6. The molecule has 1 saturated heterocycles. The molecule has 2 aromatic rings. The van der Waals surface area contributed by atoms with Crippen LogP contribution < -0.4 is 10.6 Å². The molecular formula is C26H28ClF7N4O2. The molecule has 14 heteroatoms. The van der Waals surface area contributed by atoms with E-state index in [9.17, 15) is 40.3 Å². The minimum Gasteiger partial charge on any atom is -0.337 e. The lowest BCUT2D eigenvalue weighted by Crippen LogP contribution is -2.52. The van der Waals surface area contributed by atoms with Gasteiger partial charge in [0, 0.05) is 38.6 Å². The number of hydrogen-bond acceptors (Lipinski definition) is 2. The summed E-state index contributed by atoms with van der Waals surface area (Å²) in [6, 6.07) is 3.06. The molecule has 2 atom stereocenters. The first-order valence-corrected chi connectivity index (χ1v) is 12.8. The molecule has 3 rings (SSSR count). The van der Waals surface area contributed by atoms with Gasteiger partial charge >= 0.3 is 24.4 Å². The number of hydrogen-bond donors (Lipinski definition) is 2. The van der Waals surface area contributed by atoms with E-state index < -0.39 is 53.9 Å². The molecule has 0 spiro atoms. The molecule has 0 radical (unpaired) electrons. The van der Waals surface area contributed by atoms with Gasteiger partial charge in [-0.25, -0.2) is 14.0 Å². The second kappa shape index (κ2) is 12.5. The minimum atomic E-state index is -5.02. The average molecular weight is 597 g/mol. The van der Waals surface area contributed by atoms with Crippen molar-refractivity contribution < 1.29 is 40.3 Å². The third-order valence-corrected chi connectivity index (χ3v) is 6.74. The molecule has 220 valence electrons. The average Bonchev–Trinajstić information content (AvgIpc) is 2.86. The van der Waals surface area contributed by atoms with Gasteiger partial charge in [-0.15, -0.1) is 11.6 Å². The molecule has 1 aliphatic heterocycles. The number of halogens is 8. The van der Waals surface area contributed by atoms with Crippen LogP contribution in [-0.4, -0.2) is 53.9 Å². The number of amides is 4. The maximum absolute atomic E-state index is 13.8. The normalized spacial score (nSPS) is 17.9. The number of nitrogens with one attached hydrogen (secondary N) is 2. The molecule has 0 bridgehead atoms. The predicted octanol–water partition coefficient (Wildman–Crippen LogP) is 6.47. The third-order valence-electron chi connectivity index (χ3n) is 6.55.